The fourth-order valence-electron chi connectivity index (χ4n) is 2.17. The van der Waals surface area contributed by atoms with E-state index in [9.17, 15) is 9.59 Å². The molecule has 0 saturated carbocycles. The Bertz CT molecular complexity index is 915. The smallest absolute Gasteiger partial charge is 0.348 e. The molecule has 0 bridgehead atoms. The first-order valence-electron chi connectivity index (χ1n) is 7.01. The van der Waals surface area contributed by atoms with Crippen molar-refractivity contribution in [2.75, 3.05) is 6.61 Å². The highest BCUT2D eigenvalue weighted by Crippen LogP contribution is 2.22. The number of carbonyl (C=O) groups excluding carboxylic acids is 1. The maximum Gasteiger partial charge on any atom is 0.348 e. The van der Waals surface area contributed by atoms with Gasteiger partial charge in [0.05, 0.1) is 12.1 Å². The Morgan fingerprint density at radius 1 is 1.35 bits per heavy atom. The molecule has 0 radical (unpaired) electrons. The summed E-state index contributed by atoms with van der Waals surface area (Å²) in [6, 6.07) is 8.93. The van der Waals surface area contributed by atoms with Crippen molar-refractivity contribution in [3.8, 4) is 0 Å². The van der Waals surface area contributed by atoms with Crippen LogP contribution in [0, 0.1) is 0 Å². The van der Waals surface area contributed by atoms with Crippen LogP contribution in [-0.2, 0) is 11.2 Å². The number of benzene rings is 1. The van der Waals surface area contributed by atoms with Crippen molar-refractivity contribution in [2.24, 2.45) is 0 Å². The Morgan fingerprint density at radius 3 is 2.78 bits per heavy atom. The number of H-pyrrole nitrogens is 1. The molecule has 0 fully saturated rings. The van der Waals surface area contributed by atoms with Crippen LogP contribution in [0.25, 0.3) is 10.2 Å². The fraction of sp³-hybridized carbons (Fsp3) is 0.188. The van der Waals surface area contributed by atoms with Crippen molar-refractivity contribution < 1.29 is 9.53 Å². The van der Waals surface area contributed by atoms with Crippen molar-refractivity contribution >= 4 is 39.1 Å². The van der Waals surface area contributed by atoms with E-state index in [0.717, 1.165) is 16.9 Å². The Labute approximate surface area is 140 Å². The highest BCUT2D eigenvalue weighted by atomic mass is 35.5. The van der Waals surface area contributed by atoms with Gasteiger partial charge in [0.15, 0.2) is 0 Å². The standard InChI is InChI=1S/C16H13ClN2O3S/c1-2-22-16(21)12-8-11-14(23-12)15(20)19-13(18-11)7-9-3-5-10(17)6-4-9/h3-6,8H,2,7H2,1H3,(H,18,19,20). The van der Waals surface area contributed by atoms with Crippen LogP contribution in [0.3, 0.4) is 0 Å². The second-order valence-corrected chi connectivity index (χ2v) is 6.35. The van der Waals surface area contributed by atoms with Gasteiger partial charge in [-0.05, 0) is 30.7 Å². The summed E-state index contributed by atoms with van der Waals surface area (Å²) in [6.45, 7) is 2.03. The average molecular weight is 349 g/mol. The van der Waals surface area contributed by atoms with Gasteiger partial charge < -0.3 is 9.72 Å². The van der Waals surface area contributed by atoms with Gasteiger partial charge in [0.1, 0.15) is 15.4 Å². The molecule has 0 aliphatic rings. The predicted octanol–water partition coefficient (Wildman–Crippen LogP) is 3.41. The van der Waals surface area contributed by atoms with Gasteiger partial charge in [0.25, 0.3) is 5.56 Å². The molecular weight excluding hydrogens is 336 g/mol. The number of ether oxygens (including phenoxy) is 1. The van der Waals surface area contributed by atoms with Gasteiger partial charge in [0.2, 0.25) is 0 Å². The zero-order chi connectivity index (χ0) is 16.4. The molecule has 0 unspecified atom stereocenters. The zero-order valence-electron chi connectivity index (χ0n) is 12.3. The third kappa shape index (κ3) is 3.43. The third-order valence-corrected chi connectivity index (χ3v) is 4.55. The van der Waals surface area contributed by atoms with E-state index in [0.29, 0.717) is 39.0 Å². The second-order valence-electron chi connectivity index (χ2n) is 4.86. The van der Waals surface area contributed by atoms with E-state index in [2.05, 4.69) is 9.97 Å². The lowest BCUT2D eigenvalue weighted by Crippen LogP contribution is -2.10. The van der Waals surface area contributed by atoms with Gasteiger partial charge in [-0.3, -0.25) is 4.79 Å². The number of aromatic nitrogens is 2. The van der Waals surface area contributed by atoms with Gasteiger partial charge in [-0.2, -0.15) is 0 Å². The number of rotatable bonds is 4. The Hall–Kier alpha value is -2.18. The normalized spacial score (nSPS) is 10.9. The van der Waals surface area contributed by atoms with E-state index < -0.39 is 5.97 Å². The SMILES string of the molecule is CCOC(=O)c1cc2nc(Cc3ccc(Cl)cc3)[nH]c(=O)c2s1. The van der Waals surface area contributed by atoms with Crippen LogP contribution in [0.15, 0.2) is 35.1 Å². The highest BCUT2D eigenvalue weighted by Gasteiger charge is 2.15. The summed E-state index contributed by atoms with van der Waals surface area (Å²) in [7, 11) is 0. The first-order valence-corrected chi connectivity index (χ1v) is 8.20. The van der Waals surface area contributed by atoms with Crippen LogP contribution in [0.2, 0.25) is 5.02 Å². The first-order chi connectivity index (χ1) is 11.1. The minimum absolute atomic E-state index is 0.250. The number of hydrogen-bond acceptors (Lipinski definition) is 5. The van der Waals surface area contributed by atoms with Crippen LogP contribution < -0.4 is 5.56 Å². The zero-order valence-corrected chi connectivity index (χ0v) is 13.8. The number of halogens is 1. The van der Waals surface area contributed by atoms with Crippen molar-refractivity contribution in [1.29, 1.82) is 0 Å². The monoisotopic (exact) mass is 348 g/mol. The lowest BCUT2D eigenvalue weighted by atomic mass is 10.1. The molecule has 7 heteroatoms. The number of aromatic amines is 1. The highest BCUT2D eigenvalue weighted by molar-refractivity contribution is 7.20. The van der Waals surface area contributed by atoms with Crippen LogP contribution in [0.1, 0.15) is 28.0 Å². The second kappa shape index (κ2) is 6.52. The molecule has 0 spiro atoms. The minimum Gasteiger partial charge on any atom is -0.462 e. The lowest BCUT2D eigenvalue weighted by molar-refractivity contribution is 0.0532. The largest absolute Gasteiger partial charge is 0.462 e. The third-order valence-electron chi connectivity index (χ3n) is 3.19. The molecule has 0 amide bonds. The average Bonchev–Trinajstić information content (AvgIpc) is 2.95. The molecule has 1 N–H and O–H groups in total. The Morgan fingerprint density at radius 2 is 2.09 bits per heavy atom. The molecular formula is C16H13ClN2O3S. The molecule has 1 aromatic carbocycles. The molecule has 5 nitrogen and oxygen atoms in total. The maximum absolute atomic E-state index is 12.2. The molecule has 23 heavy (non-hydrogen) atoms. The molecule has 0 atom stereocenters. The number of hydrogen-bond donors (Lipinski definition) is 1. The van der Waals surface area contributed by atoms with Gasteiger partial charge in [-0.25, -0.2) is 9.78 Å². The van der Waals surface area contributed by atoms with Crippen LogP contribution >= 0.6 is 22.9 Å². The Balaban J connectivity index is 1.95. The molecule has 3 rings (SSSR count). The number of carbonyl (C=O) groups is 1. The summed E-state index contributed by atoms with van der Waals surface area (Å²) in [5.41, 5.74) is 1.24. The summed E-state index contributed by atoms with van der Waals surface area (Å²) in [6.07, 6.45) is 0.479. The number of nitrogens with zero attached hydrogens (tertiary/aromatic N) is 1. The summed E-state index contributed by atoms with van der Waals surface area (Å²) >= 11 is 6.95. The molecule has 0 aliphatic carbocycles. The lowest BCUT2D eigenvalue weighted by Gasteiger charge is -2.01. The van der Waals surface area contributed by atoms with Crippen molar-refractivity contribution in [3.05, 3.63) is 62.0 Å². The number of esters is 1. The topological polar surface area (TPSA) is 72.0 Å². The summed E-state index contributed by atoms with van der Waals surface area (Å²) in [4.78, 5) is 31.5. The first kappa shape index (κ1) is 15.7. The molecule has 2 heterocycles. The van der Waals surface area contributed by atoms with Crippen LogP contribution in [0.5, 0.6) is 0 Å². The quantitative estimate of drug-likeness (QED) is 0.733. The summed E-state index contributed by atoms with van der Waals surface area (Å²) in [5, 5.41) is 0.655. The van der Waals surface area contributed by atoms with E-state index in [1.165, 1.54) is 0 Å². The molecule has 0 saturated heterocycles. The van der Waals surface area contributed by atoms with E-state index >= 15 is 0 Å². The molecule has 0 aliphatic heterocycles. The van der Waals surface area contributed by atoms with Crippen molar-refractivity contribution in [1.82, 2.24) is 9.97 Å². The van der Waals surface area contributed by atoms with E-state index in [1.54, 1.807) is 25.1 Å². The predicted molar refractivity (Wildman–Crippen MR) is 90.5 cm³/mol. The minimum atomic E-state index is -0.436. The van der Waals surface area contributed by atoms with Gasteiger partial charge in [-0.1, -0.05) is 23.7 Å². The Kier molecular flexibility index (Phi) is 4.45. The summed E-state index contributed by atoms with van der Waals surface area (Å²) < 4.78 is 5.38. The van der Waals surface area contributed by atoms with Gasteiger partial charge in [-0.15, -0.1) is 11.3 Å². The van der Waals surface area contributed by atoms with E-state index in [4.69, 9.17) is 16.3 Å². The molecule has 2 aromatic heterocycles. The van der Waals surface area contributed by atoms with E-state index in [-0.39, 0.29) is 5.56 Å². The van der Waals surface area contributed by atoms with Crippen molar-refractivity contribution in [2.45, 2.75) is 13.3 Å². The van der Waals surface area contributed by atoms with Crippen LogP contribution in [-0.4, -0.2) is 22.5 Å². The molecule has 3 aromatic rings. The summed E-state index contributed by atoms with van der Waals surface area (Å²) in [5.74, 6) is 0.104. The van der Waals surface area contributed by atoms with E-state index in [1.807, 2.05) is 12.1 Å². The maximum atomic E-state index is 12.2. The molecule has 118 valence electrons. The van der Waals surface area contributed by atoms with Crippen molar-refractivity contribution in [3.63, 3.8) is 0 Å². The number of fused-ring (bicyclic) bond motifs is 1. The van der Waals surface area contributed by atoms with Crippen LogP contribution in [0.4, 0.5) is 0 Å². The fourth-order valence-corrected chi connectivity index (χ4v) is 3.18. The number of thiophene rings is 1. The number of nitrogens with one attached hydrogen (secondary N) is 1. The van der Waals surface area contributed by atoms with Gasteiger partial charge in [0, 0.05) is 11.4 Å². The van der Waals surface area contributed by atoms with Gasteiger partial charge >= 0.3 is 5.97 Å².